The Kier molecular flexibility index (Phi) is 13.0. The third-order valence-electron chi connectivity index (χ3n) is 4.64. The summed E-state index contributed by atoms with van der Waals surface area (Å²) in [7, 11) is -1.89. The molecule has 0 heterocycles. The Morgan fingerprint density at radius 1 is 0.591 bits per heavy atom. The quantitative estimate of drug-likeness (QED) is 0.248. The van der Waals surface area contributed by atoms with Crippen LogP contribution in [0, 0.1) is 0 Å². The zero-order valence-electron chi connectivity index (χ0n) is 16.7. The van der Waals surface area contributed by atoms with Crippen molar-refractivity contribution in [3.63, 3.8) is 0 Å². The summed E-state index contributed by atoms with van der Waals surface area (Å²) in [5.41, 5.74) is 0. The predicted molar refractivity (Wildman–Crippen MR) is 110 cm³/mol. The number of rotatable bonds is 15. The van der Waals surface area contributed by atoms with Gasteiger partial charge in [0, 0.05) is 8.07 Å². The third-order valence-corrected chi connectivity index (χ3v) is 9.37. The summed E-state index contributed by atoms with van der Waals surface area (Å²) < 4.78 is 0. The van der Waals surface area contributed by atoms with Crippen molar-refractivity contribution >= 4 is 16.3 Å². The van der Waals surface area contributed by atoms with Gasteiger partial charge in [-0.25, -0.2) is 0 Å². The Labute approximate surface area is 144 Å². The van der Waals surface area contributed by atoms with E-state index in [0.29, 0.717) is 0 Å². The van der Waals surface area contributed by atoms with E-state index in [1.807, 2.05) is 0 Å². The molecular formula is C19H45NSi2. The number of hydrogen-bond donors (Lipinski definition) is 1. The van der Waals surface area contributed by atoms with E-state index in [0.717, 1.165) is 0 Å². The molecule has 3 heteroatoms. The fourth-order valence-electron chi connectivity index (χ4n) is 3.05. The van der Waals surface area contributed by atoms with Gasteiger partial charge in [0.1, 0.15) is 8.24 Å². The lowest BCUT2D eigenvalue weighted by Gasteiger charge is -2.22. The van der Waals surface area contributed by atoms with Crippen LogP contribution < -0.4 is 4.98 Å². The van der Waals surface area contributed by atoms with Gasteiger partial charge in [-0.1, -0.05) is 110 Å². The number of nitrogens with one attached hydrogen (secondary N) is 1. The molecule has 0 radical (unpaired) electrons. The van der Waals surface area contributed by atoms with Gasteiger partial charge in [-0.05, 0) is 13.0 Å². The van der Waals surface area contributed by atoms with Crippen LogP contribution in [-0.4, -0.2) is 22.9 Å². The lowest BCUT2D eigenvalue weighted by molar-refractivity contribution is 0.620. The summed E-state index contributed by atoms with van der Waals surface area (Å²) in [5, 5.41) is 0. The summed E-state index contributed by atoms with van der Waals surface area (Å²) in [6.45, 7) is 16.0. The van der Waals surface area contributed by atoms with Gasteiger partial charge >= 0.3 is 0 Å². The van der Waals surface area contributed by atoms with E-state index in [1.54, 1.807) is 12.1 Å². The zero-order valence-corrected chi connectivity index (χ0v) is 18.7. The summed E-state index contributed by atoms with van der Waals surface area (Å²) in [5.74, 6) is 0. The molecule has 0 aromatic carbocycles. The molecule has 0 aliphatic rings. The first kappa shape index (κ1) is 22.4. The molecule has 0 fully saturated rings. The standard InChI is InChI=1S/C19H45NSi2/c1-7-8-9-12-15-18-22(5,6)19-16-13-10-11-14-17-20-21(2,3)4/h20H,7-19H2,1-6H3. The first-order valence-corrected chi connectivity index (χ1v) is 16.9. The summed E-state index contributed by atoms with van der Waals surface area (Å²) in [6, 6.07) is 3.13. The zero-order chi connectivity index (χ0) is 16.9. The van der Waals surface area contributed by atoms with Gasteiger partial charge in [-0.3, -0.25) is 0 Å². The molecule has 0 atom stereocenters. The van der Waals surface area contributed by atoms with E-state index in [9.17, 15) is 0 Å². The van der Waals surface area contributed by atoms with Gasteiger partial charge in [-0.2, -0.15) is 0 Å². The highest BCUT2D eigenvalue weighted by atomic mass is 28.3. The normalized spacial score (nSPS) is 12.8. The van der Waals surface area contributed by atoms with E-state index in [4.69, 9.17) is 0 Å². The maximum Gasteiger partial charge on any atom is 0.116 e. The summed E-state index contributed by atoms with van der Waals surface area (Å²) in [4.78, 5) is 3.72. The minimum absolute atomic E-state index is 0.871. The van der Waals surface area contributed by atoms with Crippen LogP contribution in [0.3, 0.4) is 0 Å². The maximum absolute atomic E-state index is 3.72. The lowest BCUT2D eigenvalue weighted by atomic mass is 10.1. The second-order valence-electron chi connectivity index (χ2n) is 9.02. The lowest BCUT2D eigenvalue weighted by Crippen LogP contribution is -2.41. The van der Waals surface area contributed by atoms with E-state index in [1.165, 1.54) is 70.8 Å². The van der Waals surface area contributed by atoms with Crippen LogP contribution in [0.5, 0.6) is 0 Å². The molecule has 0 aromatic heterocycles. The van der Waals surface area contributed by atoms with E-state index in [-0.39, 0.29) is 0 Å². The number of hydrogen-bond acceptors (Lipinski definition) is 1. The molecule has 134 valence electrons. The number of unbranched alkanes of at least 4 members (excludes halogenated alkanes) is 8. The monoisotopic (exact) mass is 343 g/mol. The molecule has 0 bridgehead atoms. The molecule has 1 N–H and O–H groups in total. The summed E-state index contributed by atoms with van der Waals surface area (Å²) >= 11 is 0. The Bertz CT molecular complexity index is 246. The highest BCUT2D eigenvalue weighted by Gasteiger charge is 2.19. The van der Waals surface area contributed by atoms with Gasteiger partial charge in [0.2, 0.25) is 0 Å². The largest absolute Gasteiger partial charge is 0.337 e. The van der Waals surface area contributed by atoms with Crippen LogP contribution in [0.4, 0.5) is 0 Å². The van der Waals surface area contributed by atoms with Crippen LogP contribution >= 0.6 is 0 Å². The van der Waals surface area contributed by atoms with Crippen LogP contribution in [0.1, 0.15) is 71.1 Å². The molecule has 0 spiro atoms. The molecule has 22 heavy (non-hydrogen) atoms. The smallest absolute Gasteiger partial charge is 0.116 e. The molecule has 0 aliphatic heterocycles. The van der Waals surface area contributed by atoms with E-state index >= 15 is 0 Å². The van der Waals surface area contributed by atoms with Crippen LogP contribution in [0.15, 0.2) is 0 Å². The molecule has 0 aromatic rings. The summed E-state index contributed by atoms with van der Waals surface area (Å²) in [6.07, 6.45) is 14.5. The van der Waals surface area contributed by atoms with Crippen LogP contribution in [-0.2, 0) is 0 Å². The fraction of sp³-hybridized carbons (Fsp3) is 1.00. The molecular weight excluding hydrogens is 298 g/mol. The minimum Gasteiger partial charge on any atom is -0.337 e. The first-order chi connectivity index (χ1) is 10.3. The van der Waals surface area contributed by atoms with Gasteiger partial charge in [-0.15, -0.1) is 0 Å². The molecule has 0 saturated carbocycles. The highest BCUT2D eigenvalue weighted by molar-refractivity contribution is 6.77. The fourth-order valence-corrected chi connectivity index (χ4v) is 6.65. The van der Waals surface area contributed by atoms with E-state index in [2.05, 4.69) is 44.6 Å². The van der Waals surface area contributed by atoms with Gasteiger partial charge < -0.3 is 4.98 Å². The first-order valence-electron chi connectivity index (χ1n) is 10.0. The van der Waals surface area contributed by atoms with Crippen molar-refractivity contribution in [2.45, 2.75) is 116 Å². The molecule has 0 amide bonds. The Morgan fingerprint density at radius 3 is 1.55 bits per heavy atom. The van der Waals surface area contributed by atoms with Crippen molar-refractivity contribution in [1.82, 2.24) is 4.98 Å². The SMILES string of the molecule is CCCCCCC[Si](C)(C)CCCCCCCN[Si](C)(C)C. The molecule has 1 nitrogen and oxygen atoms in total. The topological polar surface area (TPSA) is 12.0 Å². The minimum atomic E-state index is -1.02. The van der Waals surface area contributed by atoms with Gasteiger partial charge in [0.25, 0.3) is 0 Å². The van der Waals surface area contributed by atoms with Gasteiger partial charge in [0.15, 0.2) is 0 Å². The van der Waals surface area contributed by atoms with Crippen molar-refractivity contribution in [3.8, 4) is 0 Å². The average molecular weight is 344 g/mol. The maximum atomic E-state index is 3.72. The van der Waals surface area contributed by atoms with Crippen molar-refractivity contribution in [2.75, 3.05) is 6.54 Å². The molecule has 0 rings (SSSR count). The second-order valence-corrected chi connectivity index (χ2v) is 19.2. The predicted octanol–water partition coefficient (Wildman–Crippen LogP) is 7.04. The van der Waals surface area contributed by atoms with Crippen molar-refractivity contribution in [1.29, 1.82) is 0 Å². The highest BCUT2D eigenvalue weighted by Crippen LogP contribution is 2.23. The Morgan fingerprint density at radius 2 is 1.05 bits per heavy atom. The Hall–Kier alpha value is 0.394. The van der Waals surface area contributed by atoms with Crippen molar-refractivity contribution < 1.29 is 0 Å². The molecule has 0 aliphatic carbocycles. The third kappa shape index (κ3) is 16.8. The Balaban J connectivity index is 3.41. The van der Waals surface area contributed by atoms with Crippen molar-refractivity contribution in [3.05, 3.63) is 0 Å². The van der Waals surface area contributed by atoms with Gasteiger partial charge in [0.05, 0.1) is 0 Å². The van der Waals surface area contributed by atoms with Crippen LogP contribution in [0.25, 0.3) is 0 Å². The molecule has 0 saturated heterocycles. The van der Waals surface area contributed by atoms with E-state index < -0.39 is 16.3 Å². The van der Waals surface area contributed by atoms with Crippen molar-refractivity contribution in [2.24, 2.45) is 0 Å². The second kappa shape index (κ2) is 12.8. The average Bonchev–Trinajstić information content (AvgIpc) is 2.40. The molecule has 0 unspecified atom stereocenters. The van der Waals surface area contributed by atoms with Crippen LogP contribution in [0.2, 0.25) is 44.8 Å².